The maximum Gasteiger partial charge on any atom is 0.162 e. The van der Waals surface area contributed by atoms with E-state index in [0.717, 1.165) is 16.9 Å². The Bertz CT molecular complexity index is 1090. The first-order valence-electron chi connectivity index (χ1n) is 9.59. The SMILES string of the molecule is CC1(C)CC(=O)C2=C(C1)N(c1cccc(Cl)c1)C(N)=C(C#N)C2c1ccccc1. The number of Topliss-reactive ketones (excluding diaryl/α,β-unsaturated/α-hetero) is 1. The van der Waals surface area contributed by atoms with E-state index < -0.39 is 5.92 Å². The number of ketones is 1. The molecular weight excluding hydrogens is 382 g/mol. The van der Waals surface area contributed by atoms with Crippen LogP contribution in [0.1, 0.15) is 38.2 Å². The molecule has 1 unspecified atom stereocenters. The molecule has 2 aliphatic rings. The Morgan fingerprint density at radius 3 is 2.52 bits per heavy atom. The van der Waals surface area contributed by atoms with Gasteiger partial charge in [0, 0.05) is 28.4 Å². The van der Waals surface area contributed by atoms with Gasteiger partial charge in [-0.15, -0.1) is 0 Å². The third-order valence-corrected chi connectivity index (χ3v) is 5.82. The van der Waals surface area contributed by atoms with E-state index in [9.17, 15) is 10.1 Å². The standard InChI is InChI=1S/C24H22ClN3O/c1-24(2)12-19-22(20(29)13-24)21(15-7-4-3-5-8-15)18(14-26)23(27)28(19)17-10-6-9-16(25)11-17/h3-11,21H,12-13,27H2,1-2H3. The molecule has 0 bridgehead atoms. The summed E-state index contributed by atoms with van der Waals surface area (Å²) < 4.78 is 0. The van der Waals surface area contributed by atoms with Crippen LogP contribution in [0.15, 0.2) is 77.3 Å². The molecule has 0 radical (unpaired) electrons. The fraction of sp³-hybridized carbons (Fsp3) is 0.250. The topological polar surface area (TPSA) is 70.1 Å². The van der Waals surface area contributed by atoms with Crippen LogP contribution in [0.3, 0.4) is 0 Å². The highest BCUT2D eigenvalue weighted by Gasteiger charge is 2.44. The molecule has 0 saturated heterocycles. The Morgan fingerprint density at radius 2 is 1.86 bits per heavy atom. The summed E-state index contributed by atoms with van der Waals surface area (Å²) in [5.74, 6) is -0.0273. The molecule has 29 heavy (non-hydrogen) atoms. The van der Waals surface area contributed by atoms with Gasteiger partial charge in [-0.1, -0.05) is 61.8 Å². The predicted octanol–water partition coefficient (Wildman–Crippen LogP) is 5.28. The maximum absolute atomic E-state index is 13.4. The average Bonchev–Trinajstić information content (AvgIpc) is 2.67. The van der Waals surface area contributed by atoms with E-state index in [1.54, 1.807) is 6.07 Å². The van der Waals surface area contributed by atoms with Crippen molar-refractivity contribution >= 4 is 23.1 Å². The van der Waals surface area contributed by atoms with Gasteiger partial charge in [-0.25, -0.2) is 0 Å². The van der Waals surface area contributed by atoms with Gasteiger partial charge in [-0.2, -0.15) is 5.26 Å². The third kappa shape index (κ3) is 3.32. The average molecular weight is 404 g/mol. The fourth-order valence-electron chi connectivity index (χ4n) is 4.40. The van der Waals surface area contributed by atoms with Crippen molar-refractivity contribution < 1.29 is 4.79 Å². The van der Waals surface area contributed by atoms with Gasteiger partial charge in [-0.05, 0) is 35.6 Å². The molecule has 1 atom stereocenters. The second kappa shape index (κ2) is 7.09. The highest BCUT2D eigenvalue weighted by molar-refractivity contribution is 6.30. The summed E-state index contributed by atoms with van der Waals surface area (Å²) in [5, 5.41) is 10.6. The number of rotatable bonds is 2. The van der Waals surface area contributed by atoms with Gasteiger partial charge in [0.15, 0.2) is 5.78 Å². The zero-order chi connectivity index (χ0) is 20.8. The quantitative estimate of drug-likeness (QED) is 0.740. The van der Waals surface area contributed by atoms with E-state index >= 15 is 0 Å². The Morgan fingerprint density at radius 1 is 1.14 bits per heavy atom. The number of anilines is 1. The first kappa shape index (κ1) is 19.3. The van der Waals surface area contributed by atoms with Crippen molar-refractivity contribution in [3.63, 3.8) is 0 Å². The summed E-state index contributed by atoms with van der Waals surface area (Å²) in [6.45, 7) is 4.17. The highest BCUT2D eigenvalue weighted by Crippen LogP contribution is 2.50. The second-order valence-corrected chi connectivity index (χ2v) is 8.81. The van der Waals surface area contributed by atoms with Gasteiger partial charge in [0.05, 0.1) is 17.6 Å². The molecule has 1 heterocycles. The van der Waals surface area contributed by atoms with Crippen LogP contribution in [0.2, 0.25) is 5.02 Å². The minimum absolute atomic E-state index is 0.0670. The first-order chi connectivity index (χ1) is 13.8. The smallest absolute Gasteiger partial charge is 0.162 e. The van der Waals surface area contributed by atoms with E-state index in [-0.39, 0.29) is 11.2 Å². The Labute approximate surface area is 175 Å². The lowest BCUT2D eigenvalue weighted by Crippen LogP contribution is -2.42. The number of nitrogens with two attached hydrogens (primary N) is 1. The van der Waals surface area contributed by atoms with Crippen LogP contribution in [-0.2, 0) is 4.79 Å². The molecule has 146 valence electrons. The number of benzene rings is 2. The molecule has 0 amide bonds. The lowest BCUT2D eigenvalue weighted by Gasteiger charge is -2.43. The van der Waals surface area contributed by atoms with Gasteiger partial charge in [-0.3, -0.25) is 9.69 Å². The summed E-state index contributed by atoms with van der Waals surface area (Å²) in [6, 6.07) is 19.3. The molecule has 1 aliphatic carbocycles. The second-order valence-electron chi connectivity index (χ2n) is 8.37. The first-order valence-corrected chi connectivity index (χ1v) is 9.97. The van der Waals surface area contributed by atoms with Crippen LogP contribution in [-0.4, -0.2) is 5.78 Å². The number of carbonyl (C=O) groups is 1. The number of allylic oxidation sites excluding steroid dienone is 3. The Hall–Kier alpha value is -3.03. The van der Waals surface area contributed by atoms with Crippen molar-refractivity contribution in [2.45, 2.75) is 32.6 Å². The van der Waals surface area contributed by atoms with E-state index in [4.69, 9.17) is 17.3 Å². The molecule has 4 rings (SSSR count). The molecule has 0 fully saturated rings. The number of hydrogen-bond donors (Lipinski definition) is 1. The Kier molecular flexibility index (Phi) is 4.72. The summed E-state index contributed by atoms with van der Waals surface area (Å²) in [4.78, 5) is 15.2. The number of halogens is 1. The van der Waals surface area contributed by atoms with Gasteiger partial charge in [0.25, 0.3) is 0 Å². The minimum Gasteiger partial charge on any atom is -0.384 e. The van der Waals surface area contributed by atoms with Crippen LogP contribution in [0.4, 0.5) is 5.69 Å². The van der Waals surface area contributed by atoms with Gasteiger partial charge in [0.1, 0.15) is 5.82 Å². The lowest BCUT2D eigenvalue weighted by atomic mass is 9.68. The molecule has 2 N–H and O–H groups in total. The van der Waals surface area contributed by atoms with Gasteiger partial charge >= 0.3 is 0 Å². The fourth-order valence-corrected chi connectivity index (χ4v) is 4.58. The molecule has 2 aromatic rings. The molecule has 0 aromatic heterocycles. The highest BCUT2D eigenvalue weighted by atomic mass is 35.5. The monoisotopic (exact) mass is 403 g/mol. The third-order valence-electron chi connectivity index (χ3n) is 5.58. The molecule has 5 heteroatoms. The van der Waals surface area contributed by atoms with Crippen molar-refractivity contribution in [3.05, 3.63) is 87.8 Å². The van der Waals surface area contributed by atoms with Crippen LogP contribution >= 0.6 is 11.6 Å². The van der Waals surface area contributed by atoms with Crippen LogP contribution in [0.5, 0.6) is 0 Å². The summed E-state index contributed by atoms with van der Waals surface area (Å²) in [5.41, 5.74) is 9.96. The van der Waals surface area contributed by atoms with Crippen molar-refractivity contribution in [2.24, 2.45) is 11.1 Å². The molecule has 1 aliphatic heterocycles. The maximum atomic E-state index is 13.4. The van der Waals surface area contributed by atoms with E-state index in [2.05, 4.69) is 19.9 Å². The number of hydrogen-bond acceptors (Lipinski definition) is 4. The van der Waals surface area contributed by atoms with Crippen LogP contribution < -0.4 is 10.6 Å². The number of nitriles is 1. The Balaban J connectivity index is 2.01. The minimum atomic E-state index is -0.449. The van der Waals surface area contributed by atoms with Crippen molar-refractivity contribution in [1.82, 2.24) is 0 Å². The van der Waals surface area contributed by atoms with E-state index in [1.807, 2.05) is 53.4 Å². The number of carbonyl (C=O) groups excluding carboxylic acids is 1. The molecular formula is C24H22ClN3O. The van der Waals surface area contributed by atoms with Gasteiger partial charge < -0.3 is 5.73 Å². The van der Waals surface area contributed by atoms with Gasteiger partial charge in [0.2, 0.25) is 0 Å². The summed E-state index contributed by atoms with van der Waals surface area (Å²) >= 11 is 6.23. The lowest BCUT2D eigenvalue weighted by molar-refractivity contribution is -0.118. The van der Waals surface area contributed by atoms with E-state index in [1.165, 1.54) is 0 Å². The number of nitrogens with zero attached hydrogens (tertiary/aromatic N) is 2. The van der Waals surface area contributed by atoms with E-state index in [0.29, 0.717) is 34.8 Å². The van der Waals surface area contributed by atoms with Crippen LogP contribution in [0, 0.1) is 16.7 Å². The van der Waals surface area contributed by atoms with Crippen LogP contribution in [0.25, 0.3) is 0 Å². The van der Waals surface area contributed by atoms with Crippen molar-refractivity contribution in [2.75, 3.05) is 4.90 Å². The zero-order valence-electron chi connectivity index (χ0n) is 16.4. The summed E-state index contributed by atoms with van der Waals surface area (Å²) in [6.07, 6.45) is 1.13. The molecule has 0 spiro atoms. The van der Waals surface area contributed by atoms with Crippen molar-refractivity contribution in [1.29, 1.82) is 5.26 Å². The molecule has 0 saturated carbocycles. The predicted molar refractivity (Wildman–Crippen MR) is 115 cm³/mol. The normalized spacial score (nSPS) is 21.1. The largest absolute Gasteiger partial charge is 0.384 e. The van der Waals surface area contributed by atoms with Crippen molar-refractivity contribution in [3.8, 4) is 6.07 Å². The zero-order valence-corrected chi connectivity index (χ0v) is 17.2. The molecule has 4 nitrogen and oxygen atoms in total. The summed E-state index contributed by atoms with van der Waals surface area (Å²) in [7, 11) is 0. The molecule has 2 aromatic carbocycles.